The number of carbonyl (C=O) groups is 2. The standard InChI is InChI=1S/C45H61F3N6O5S/c46-36-9-4-8-34(26-36)44(31-52-22-7-23-52,40-10-5-11-41(40)49-43(56)57)33-17-24-51(25-18-33)27-35-28-54(32-45(35,47)48)37-13-15-38(16-14-37)60(58,59)39-29-53(30-39)42(55)12-6-21-50-19-2-1-3-20-50/h4,6,8-9,12-16,26,33,35,39-41,49H,1-3,5,7,10-11,17-25,27-32H2,(H,56,57)/b12-6+/t35?,40-,41-,44?/m0/s1. The Morgan fingerprint density at radius 1 is 0.850 bits per heavy atom. The summed E-state index contributed by atoms with van der Waals surface area (Å²) < 4.78 is 73.4. The van der Waals surface area contributed by atoms with Crippen molar-refractivity contribution in [2.24, 2.45) is 17.8 Å². The van der Waals surface area contributed by atoms with Gasteiger partial charge in [-0.05, 0) is 138 Å². The maximum atomic E-state index is 15.8. The number of alkyl halides is 2. The number of nitrogens with one attached hydrogen (secondary N) is 1. The molecule has 0 spiro atoms. The van der Waals surface area contributed by atoms with E-state index in [4.69, 9.17) is 0 Å². The Bertz CT molecular complexity index is 1960. The van der Waals surface area contributed by atoms with E-state index in [0.717, 1.165) is 76.8 Å². The van der Waals surface area contributed by atoms with Crippen molar-refractivity contribution in [2.75, 3.05) is 90.0 Å². The predicted octanol–water partition coefficient (Wildman–Crippen LogP) is 5.72. The third-order valence-corrected chi connectivity index (χ3v) is 16.8. The molecule has 1 saturated carbocycles. The van der Waals surface area contributed by atoms with Gasteiger partial charge in [-0.3, -0.25) is 9.69 Å². The first kappa shape index (κ1) is 43.0. The van der Waals surface area contributed by atoms with Crippen molar-refractivity contribution in [3.63, 3.8) is 0 Å². The summed E-state index contributed by atoms with van der Waals surface area (Å²) in [6, 6.07) is 12.8. The number of likely N-dealkylation sites (tertiary alicyclic amines) is 4. The minimum absolute atomic E-state index is 0.0178. The molecule has 4 atom stereocenters. The molecule has 5 aliphatic heterocycles. The van der Waals surface area contributed by atoms with Gasteiger partial charge in [0.1, 0.15) is 11.1 Å². The van der Waals surface area contributed by atoms with Gasteiger partial charge in [-0.2, -0.15) is 0 Å². The zero-order chi connectivity index (χ0) is 42.1. The number of amides is 2. The quantitative estimate of drug-likeness (QED) is 0.231. The van der Waals surface area contributed by atoms with E-state index in [1.807, 2.05) is 12.1 Å². The molecular weight excluding hydrogens is 794 g/mol. The van der Waals surface area contributed by atoms with Gasteiger partial charge < -0.3 is 30.0 Å². The molecule has 5 saturated heterocycles. The normalized spacial score (nSPS) is 27.1. The summed E-state index contributed by atoms with van der Waals surface area (Å²) in [4.78, 5) is 34.8. The van der Waals surface area contributed by atoms with Crippen LogP contribution in [-0.4, -0.2) is 147 Å². The summed E-state index contributed by atoms with van der Waals surface area (Å²) in [6.45, 7) is 6.77. The average Bonchev–Trinajstić information content (AvgIpc) is 3.77. The minimum atomic E-state index is -3.70. The van der Waals surface area contributed by atoms with Crippen LogP contribution in [-0.2, 0) is 20.0 Å². The summed E-state index contributed by atoms with van der Waals surface area (Å²) in [7, 11) is -3.70. The number of piperidine rings is 2. The molecule has 2 N–H and O–H groups in total. The van der Waals surface area contributed by atoms with Gasteiger partial charge in [0.2, 0.25) is 5.91 Å². The first-order valence-corrected chi connectivity index (χ1v) is 23.7. The maximum Gasteiger partial charge on any atom is 0.404 e. The van der Waals surface area contributed by atoms with Crippen molar-refractivity contribution in [1.29, 1.82) is 0 Å². The summed E-state index contributed by atoms with van der Waals surface area (Å²) in [5.74, 6) is -4.27. The SMILES string of the molecule is O=C(O)N[C@H]1CCC[C@@H]1C(CN1CCC1)(c1cccc(F)c1)C1CCN(CC2CN(c3ccc(S(=O)(=O)C4CN(C(=O)/C=C/CN5CCCCC5)C4)cc3)CC2(F)F)CC1. The van der Waals surface area contributed by atoms with Crippen molar-refractivity contribution < 1.29 is 36.3 Å². The fourth-order valence-electron chi connectivity index (χ4n) is 11.3. The van der Waals surface area contributed by atoms with Crippen LogP contribution in [0.2, 0.25) is 0 Å². The second-order valence-electron chi connectivity index (χ2n) is 18.4. The highest BCUT2D eigenvalue weighted by Crippen LogP contribution is 2.52. The van der Waals surface area contributed by atoms with Gasteiger partial charge in [0.25, 0.3) is 5.92 Å². The van der Waals surface area contributed by atoms with Gasteiger partial charge in [0.05, 0.1) is 17.4 Å². The van der Waals surface area contributed by atoms with Crippen LogP contribution in [0.15, 0.2) is 65.6 Å². The van der Waals surface area contributed by atoms with Crippen LogP contribution < -0.4 is 10.2 Å². The van der Waals surface area contributed by atoms with Crippen molar-refractivity contribution in [3.8, 4) is 0 Å². The molecule has 6 aliphatic rings. The number of nitrogens with zero attached hydrogens (tertiary/aromatic N) is 5. The fourth-order valence-corrected chi connectivity index (χ4v) is 12.9. The van der Waals surface area contributed by atoms with Crippen LogP contribution in [0.5, 0.6) is 0 Å². The van der Waals surface area contributed by atoms with E-state index >= 15 is 8.78 Å². The second-order valence-corrected chi connectivity index (χ2v) is 20.6. The molecule has 0 aromatic heterocycles. The van der Waals surface area contributed by atoms with Crippen LogP contribution in [0.3, 0.4) is 0 Å². The van der Waals surface area contributed by atoms with Crippen molar-refractivity contribution in [3.05, 3.63) is 72.1 Å². The third kappa shape index (κ3) is 9.10. The van der Waals surface area contributed by atoms with Gasteiger partial charge in [0, 0.05) is 62.5 Å². The Hall–Kier alpha value is -3.66. The van der Waals surface area contributed by atoms with Crippen LogP contribution >= 0.6 is 0 Å². The van der Waals surface area contributed by atoms with E-state index in [-0.39, 0.29) is 60.7 Å². The molecule has 2 unspecified atom stereocenters. The summed E-state index contributed by atoms with van der Waals surface area (Å²) in [6.07, 6.45) is 10.9. The Labute approximate surface area is 352 Å². The second kappa shape index (κ2) is 18.0. The minimum Gasteiger partial charge on any atom is -0.465 e. The molecular formula is C45H61F3N6O5S. The molecule has 8 rings (SSSR count). The van der Waals surface area contributed by atoms with Gasteiger partial charge in [-0.1, -0.05) is 31.1 Å². The third-order valence-electron chi connectivity index (χ3n) is 14.7. The lowest BCUT2D eigenvalue weighted by Gasteiger charge is -2.53. The van der Waals surface area contributed by atoms with E-state index in [9.17, 15) is 27.5 Å². The lowest BCUT2D eigenvalue weighted by Crippen LogP contribution is -2.59. The van der Waals surface area contributed by atoms with E-state index in [2.05, 4.69) is 20.0 Å². The van der Waals surface area contributed by atoms with Crippen LogP contribution in [0, 0.1) is 23.6 Å². The van der Waals surface area contributed by atoms with Gasteiger partial charge in [-0.15, -0.1) is 0 Å². The van der Waals surface area contributed by atoms with Gasteiger partial charge in [0.15, 0.2) is 9.84 Å². The number of anilines is 1. The number of hydrogen-bond donors (Lipinski definition) is 2. The smallest absolute Gasteiger partial charge is 0.404 e. The van der Waals surface area contributed by atoms with Gasteiger partial charge >= 0.3 is 6.09 Å². The lowest BCUT2D eigenvalue weighted by atomic mass is 9.57. The van der Waals surface area contributed by atoms with E-state index < -0.39 is 45.0 Å². The molecule has 6 fully saturated rings. The first-order chi connectivity index (χ1) is 28.8. The van der Waals surface area contributed by atoms with Gasteiger partial charge in [-0.25, -0.2) is 26.4 Å². The highest BCUT2D eigenvalue weighted by Gasteiger charge is 2.54. The topological polar surface area (TPSA) is 117 Å². The molecule has 0 bridgehead atoms. The maximum absolute atomic E-state index is 15.8. The number of benzene rings is 2. The molecule has 0 radical (unpaired) electrons. The Kier molecular flexibility index (Phi) is 12.9. The Morgan fingerprint density at radius 3 is 2.23 bits per heavy atom. The molecule has 60 heavy (non-hydrogen) atoms. The van der Waals surface area contributed by atoms with Crippen LogP contribution in [0.4, 0.5) is 23.7 Å². The average molecular weight is 855 g/mol. The largest absolute Gasteiger partial charge is 0.465 e. The first-order valence-electron chi connectivity index (χ1n) is 22.2. The highest BCUT2D eigenvalue weighted by atomic mass is 32.2. The van der Waals surface area contributed by atoms with Crippen molar-refractivity contribution >= 4 is 27.5 Å². The van der Waals surface area contributed by atoms with Crippen molar-refractivity contribution in [1.82, 2.24) is 24.9 Å². The number of sulfone groups is 1. The van der Waals surface area contributed by atoms with E-state index in [1.165, 1.54) is 48.4 Å². The monoisotopic (exact) mass is 854 g/mol. The Morgan fingerprint density at radius 2 is 1.57 bits per heavy atom. The van der Waals surface area contributed by atoms with Crippen LogP contribution in [0.25, 0.3) is 0 Å². The highest BCUT2D eigenvalue weighted by molar-refractivity contribution is 7.92. The molecule has 2 aromatic rings. The molecule has 2 aromatic carbocycles. The molecule has 15 heteroatoms. The number of rotatable bonds is 14. The zero-order valence-corrected chi connectivity index (χ0v) is 35.4. The van der Waals surface area contributed by atoms with E-state index in [0.29, 0.717) is 25.3 Å². The molecule has 2 amide bonds. The molecule has 11 nitrogen and oxygen atoms in total. The number of halogens is 3. The summed E-state index contributed by atoms with van der Waals surface area (Å²) in [5.41, 5.74) is 0.960. The predicted molar refractivity (Wildman–Crippen MR) is 225 cm³/mol. The fraction of sp³-hybridized carbons (Fsp3) is 0.644. The zero-order valence-electron chi connectivity index (χ0n) is 34.6. The number of carbonyl (C=O) groups excluding carboxylic acids is 1. The van der Waals surface area contributed by atoms with Crippen LogP contribution in [0.1, 0.15) is 63.4 Å². The summed E-state index contributed by atoms with van der Waals surface area (Å²) in [5, 5.41) is 11.9. The Balaban J connectivity index is 0.883. The molecule has 5 heterocycles. The molecule has 1 aliphatic carbocycles. The lowest BCUT2D eigenvalue weighted by molar-refractivity contribution is -0.129. The number of carboxylic acid groups (broad SMARTS) is 1. The summed E-state index contributed by atoms with van der Waals surface area (Å²) >= 11 is 0. The van der Waals surface area contributed by atoms with E-state index in [1.54, 1.807) is 29.2 Å². The molecule has 328 valence electrons. The van der Waals surface area contributed by atoms with Crippen molar-refractivity contribution in [2.45, 2.75) is 85.3 Å². The number of hydrogen-bond acceptors (Lipinski definition) is 8.